The van der Waals surface area contributed by atoms with Gasteiger partial charge in [-0.15, -0.1) is 0 Å². The van der Waals surface area contributed by atoms with Crippen LogP contribution in [-0.2, 0) is 47.5 Å². The van der Waals surface area contributed by atoms with Crippen molar-refractivity contribution in [1.82, 2.24) is 5.32 Å². The molecule has 17 nitrogen and oxygen atoms in total. The molecule has 4 fully saturated rings. The molecule has 1 heterocycles. The number of amides is 1. The monoisotopic (exact) mass is 871 g/mol. The molecular formula is C45H61NO16. The number of aliphatic hydroxyl groups is 3. The topological polar surface area (TPSA) is 240 Å². The first-order chi connectivity index (χ1) is 28.9. The number of benzene rings is 1. The van der Waals surface area contributed by atoms with Crippen LogP contribution in [0.3, 0.4) is 0 Å². The normalized spacial score (nSPS) is 34.0. The van der Waals surface area contributed by atoms with Gasteiger partial charge >= 0.3 is 30.2 Å². The van der Waals surface area contributed by atoms with Gasteiger partial charge in [0.15, 0.2) is 23.6 Å². The van der Waals surface area contributed by atoms with Crippen molar-refractivity contribution < 1.29 is 77.2 Å². The van der Waals surface area contributed by atoms with E-state index in [9.17, 15) is 39.3 Å². The largest absolute Gasteiger partial charge is 0.508 e. The molecule has 62 heavy (non-hydrogen) atoms. The molecule has 5 aliphatic rings. The number of rotatable bonds is 9. The number of alkyl carbamates (subject to hydrolysis) is 1. The number of carbonyl (C=O) groups excluding carboxylic acids is 6. The van der Waals surface area contributed by atoms with Gasteiger partial charge in [-0.3, -0.25) is 9.59 Å². The first-order valence-corrected chi connectivity index (χ1v) is 21.3. The van der Waals surface area contributed by atoms with Crippen molar-refractivity contribution >= 4 is 35.9 Å². The number of ether oxygens (including phenoxy) is 7. The third-order valence-electron chi connectivity index (χ3n) is 14.1. The van der Waals surface area contributed by atoms with Gasteiger partial charge in [0.25, 0.3) is 0 Å². The number of esters is 3. The Labute approximate surface area is 361 Å². The summed E-state index contributed by atoms with van der Waals surface area (Å²) in [7, 11) is 1.07. The number of fused-ring (bicyclic) bond motifs is 5. The SMILES string of the molecule is COC(=O)O[C@@]12CO[C@@H]1C[C@H](O)[C@@]1(C)C(=O)[C@H](OC(C)=O)C3=C(C)[C@@H](OC(=O)[C@H](O)[C@@H](NC(=O)OC4CCCCC4)C(C)(C)C)C[C@@](O)(C(OC(=O)c4ccccc4)C12)C3(C)C. The third kappa shape index (κ3) is 8.09. The molecule has 6 rings (SSSR count). The van der Waals surface area contributed by atoms with Gasteiger partial charge in [-0.2, -0.15) is 0 Å². The summed E-state index contributed by atoms with van der Waals surface area (Å²) in [6, 6.07) is 6.56. The minimum absolute atomic E-state index is 0.0112. The van der Waals surface area contributed by atoms with E-state index in [0.717, 1.165) is 33.3 Å². The third-order valence-corrected chi connectivity index (χ3v) is 14.1. The summed E-state index contributed by atoms with van der Waals surface area (Å²) in [5.41, 5.74) is -8.79. The number of ketones is 1. The maximum atomic E-state index is 15.5. The van der Waals surface area contributed by atoms with Crippen molar-refractivity contribution in [2.75, 3.05) is 13.7 Å². The number of aliphatic hydroxyl groups excluding tert-OH is 2. The second-order valence-corrected chi connectivity index (χ2v) is 19.2. The fourth-order valence-electron chi connectivity index (χ4n) is 10.6. The molecule has 4 N–H and O–H groups in total. The molecule has 4 aliphatic carbocycles. The summed E-state index contributed by atoms with van der Waals surface area (Å²) in [5.74, 6) is -5.57. The molecular weight excluding hydrogens is 810 g/mol. The summed E-state index contributed by atoms with van der Waals surface area (Å²) >= 11 is 0. The Hall–Kier alpha value is -4.58. The number of methoxy groups -OCH3 is 1. The Morgan fingerprint density at radius 1 is 0.952 bits per heavy atom. The Bertz CT molecular complexity index is 1950. The van der Waals surface area contributed by atoms with Gasteiger partial charge < -0.3 is 53.8 Å². The van der Waals surface area contributed by atoms with Crippen LogP contribution < -0.4 is 5.32 Å². The first-order valence-electron chi connectivity index (χ1n) is 21.3. The lowest BCUT2D eigenvalue weighted by Crippen LogP contribution is -2.82. The number of nitrogens with one attached hydrogen (secondary N) is 1. The van der Waals surface area contributed by atoms with Gasteiger partial charge in [0, 0.05) is 25.2 Å². The number of Topliss-reactive ketones (excluding diaryl/α,β-unsaturated/α-hetero) is 1. The summed E-state index contributed by atoms with van der Waals surface area (Å²) in [5, 5.41) is 40.1. The second kappa shape index (κ2) is 17.2. The number of hydrogen-bond acceptors (Lipinski definition) is 16. The number of carbonyl (C=O) groups is 6. The van der Waals surface area contributed by atoms with Crippen LogP contribution in [0, 0.1) is 22.2 Å². The molecule has 0 aromatic heterocycles. The van der Waals surface area contributed by atoms with Crippen LogP contribution >= 0.6 is 0 Å². The van der Waals surface area contributed by atoms with E-state index in [1.54, 1.807) is 52.8 Å². The predicted octanol–water partition coefficient (Wildman–Crippen LogP) is 4.26. The second-order valence-electron chi connectivity index (χ2n) is 19.2. The Kier molecular flexibility index (Phi) is 13.0. The van der Waals surface area contributed by atoms with Crippen LogP contribution in [-0.4, -0.2) is 125 Å². The average Bonchev–Trinajstić information content (AvgIpc) is 3.20. The van der Waals surface area contributed by atoms with Gasteiger partial charge in [0.2, 0.25) is 0 Å². The van der Waals surface area contributed by atoms with E-state index < -0.39 is 118 Å². The van der Waals surface area contributed by atoms with E-state index in [2.05, 4.69) is 5.32 Å². The van der Waals surface area contributed by atoms with E-state index >= 15 is 4.79 Å². The molecule has 2 bridgehead atoms. The minimum atomic E-state index is -2.41. The zero-order chi connectivity index (χ0) is 45.7. The lowest BCUT2D eigenvalue weighted by molar-refractivity contribution is -0.344. The molecule has 1 aliphatic heterocycles. The summed E-state index contributed by atoms with van der Waals surface area (Å²) in [6.45, 7) is 11.8. The Morgan fingerprint density at radius 2 is 1.60 bits per heavy atom. The molecule has 342 valence electrons. The lowest BCUT2D eigenvalue weighted by Gasteiger charge is -2.67. The van der Waals surface area contributed by atoms with Crippen molar-refractivity contribution in [2.24, 2.45) is 22.2 Å². The predicted molar refractivity (Wildman–Crippen MR) is 216 cm³/mol. The van der Waals surface area contributed by atoms with Crippen LogP contribution in [0.2, 0.25) is 0 Å². The fraction of sp³-hybridized carbons (Fsp3) is 0.689. The van der Waals surface area contributed by atoms with Crippen LogP contribution in [0.15, 0.2) is 41.5 Å². The van der Waals surface area contributed by atoms with E-state index in [0.29, 0.717) is 12.8 Å². The standard InChI is InChI=1S/C45H61NO16/c1-23-27(60-38(52)31(49)34(41(3,4)5)46-39(53)59-26-18-14-11-15-19-26)21-45(55)36(61-37(51)25-16-12-10-13-17-25)33-43(8,35(50)32(58-24(2)47)30(23)42(45,6)7)28(48)20-29-44(33,22-57-29)62-40(54)56-9/h10,12-13,16-17,26-29,31-34,36,48-49,55H,11,14-15,18-22H2,1-9H3,(H,46,53)/t27-,28-,29+,31+,32+,33?,34+,36?,43+,44-,45+/m0/s1. The summed E-state index contributed by atoms with van der Waals surface area (Å²) in [6.07, 6.45) is -8.78. The molecule has 1 saturated heterocycles. The molecule has 1 amide bonds. The summed E-state index contributed by atoms with van der Waals surface area (Å²) in [4.78, 5) is 83.2. The quantitative estimate of drug-likeness (QED) is 0.154. The van der Waals surface area contributed by atoms with Crippen molar-refractivity contribution in [3.63, 3.8) is 0 Å². The smallest absolute Gasteiger partial charge is 0.456 e. The van der Waals surface area contributed by atoms with Gasteiger partial charge in [0.05, 0.1) is 42.8 Å². The first kappa shape index (κ1) is 46.9. The van der Waals surface area contributed by atoms with Gasteiger partial charge in [-0.1, -0.05) is 59.2 Å². The van der Waals surface area contributed by atoms with E-state index in [1.165, 1.54) is 26.0 Å². The molecule has 2 unspecified atom stereocenters. The molecule has 1 aromatic rings. The van der Waals surface area contributed by atoms with Crippen LogP contribution in [0.4, 0.5) is 9.59 Å². The molecule has 0 spiro atoms. The maximum Gasteiger partial charge on any atom is 0.508 e. The van der Waals surface area contributed by atoms with Crippen LogP contribution in [0.25, 0.3) is 0 Å². The zero-order valence-corrected chi connectivity index (χ0v) is 36.9. The highest BCUT2D eigenvalue weighted by molar-refractivity contribution is 5.95. The van der Waals surface area contributed by atoms with E-state index in [1.807, 2.05) is 0 Å². The lowest BCUT2D eigenvalue weighted by atomic mass is 9.44. The maximum absolute atomic E-state index is 15.5. The van der Waals surface area contributed by atoms with Crippen molar-refractivity contribution in [2.45, 2.75) is 160 Å². The van der Waals surface area contributed by atoms with E-state index in [4.69, 9.17) is 33.2 Å². The summed E-state index contributed by atoms with van der Waals surface area (Å²) < 4.78 is 40.7. The van der Waals surface area contributed by atoms with Gasteiger partial charge in [-0.25, -0.2) is 19.2 Å². The van der Waals surface area contributed by atoms with Gasteiger partial charge in [-0.05, 0) is 68.2 Å². The van der Waals surface area contributed by atoms with Crippen LogP contribution in [0.5, 0.6) is 0 Å². The minimum Gasteiger partial charge on any atom is -0.456 e. The highest BCUT2D eigenvalue weighted by atomic mass is 16.8. The van der Waals surface area contributed by atoms with Crippen LogP contribution in [0.1, 0.15) is 111 Å². The Balaban J connectivity index is 1.50. The van der Waals surface area contributed by atoms with Crippen molar-refractivity contribution in [1.29, 1.82) is 0 Å². The molecule has 17 heteroatoms. The molecule has 3 saturated carbocycles. The van der Waals surface area contributed by atoms with E-state index in [-0.39, 0.29) is 35.8 Å². The highest BCUT2D eigenvalue weighted by Crippen LogP contribution is 2.64. The zero-order valence-electron chi connectivity index (χ0n) is 36.9. The Morgan fingerprint density at radius 3 is 2.16 bits per heavy atom. The van der Waals surface area contributed by atoms with Crippen molar-refractivity contribution in [3.05, 3.63) is 47.0 Å². The fourth-order valence-corrected chi connectivity index (χ4v) is 10.6. The highest BCUT2D eigenvalue weighted by Gasteiger charge is 2.78. The van der Waals surface area contributed by atoms with Gasteiger partial charge in [0.1, 0.15) is 30.0 Å². The molecule has 11 atom stereocenters. The molecule has 0 radical (unpaired) electrons. The average molecular weight is 872 g/mol. The number of hydrogen-bond donors (Lipinski definition) is 4. The van der Waals surface area contributed by atoms with Crippen molar-refractivity contribution in [3.8, 4) is 0 Å². The molecule has 1 aromatic carbocycles.